The van der Waals surface area contributed by atoms with Crippen LogP contribution in [0.2, 0.25) is 0 Å². The summed E-state index contributed by atoms with van der Waals surface area (Å²) in [6, 6.07) is 5.77. The van der Waals surface area contributed by atoms with Crippen molar-refractivity contribution >= 4 is 11.5 Å². The summed E-state index contributed by atoms with van der Waals surface area (Å²) < 4.78 is 5.18. The topological polar surface area (TPSA) is 29.5 Å². The Morgan fingerprint density at radius 2 is 1.94 bits per heavy atom. The molecule has 1 aliphatic heterocycles. The molecule has 1 saturated heterocycles. The molecule has 0 bridgehead atoms. The van der Waals surface area contributed by atoms with Gasteiger partial charge in [0.1, 0.15) is 5.75 Å². The van der Waals surface area contributed by atoms with Crippen LogP contribution in [0.5, 0.6) is 5.75 Å². The Balaban J connectivity index is 2.34. The highest BCUT2D eigenvalue weighted by Crippen LogP contribution is 2.28. The summed E-state index contributed by atoms with van der Waals surface area (Å²) in [5.74, 6) is 0.848. The fourth-order valence-electron chi connectivity index (χ4n) is 2.33. The maximum atomic E-state index is 11.7. The summed E-state index contributed by atoms with van der Waals surface area (Å²) in [4.78, 5) is 14.0. The third-order valence-electron chi connectivity index (χ3n) is 3.28. The highest BCUT2D eigenvalue weighted by atomic mass is 16.5. The Morgan fingerprint density at radius 3 is 2.53 bits per heavy atom. The molecule has 1 fully saturated rings. The molecule has 0 spiro atoms. The zero-order chi connectivity index (χ0) is 12.3. The van der Waals surface area contributed by atoms with Crippen molar-refractivity contribution in [2.75, 3.05) is 25.1 Å². The van der Waals surface area contributed by atoms with Gasteiger partial charge in [-0.3, -0.25) is 4.79 Å². The number of hydrogen-bond acceptors (Lipinski definition) is 3. The highest BCUT2D eigenvalue weighted by Gasteiger charge is 2.17. The largest absolute Gasteiger partial charge is 0.497 e. The van der Waals surface area contributed by atoms with Crippen molar-refractivity contribution in [3.8, 4) is 5.75 Å². The molecule has 2 rings (SSSR count). The molecule has 17 heavy (non-hydrogen) atoms. The lowest BCUT2D eigenvalue weighted by Gasteiger charge is -2.30. The molecule has 0 aromatic heterocycles. The van der Waals surface area contributed by atoms with E-state index in [1.807, 2.05) is 18.2 Å². The summed E-state index contributed by atoms with van der Waals surface area (Å²) in [6.07, 6.45) is 3.72. The van der Waals surface area contributed by atoms with Gasteiger partial charge in [-0.15, -0.1) is 0 Å². The third kappa shape index (κ3) is 2.60. The van der Waals surface area contributed by atoms with Crippen molar-refractivity contribution < 1.29 is 9.53 Å². The first-order valence-corrected chi connectivity index (χ1v) is 6.16. The molecule has 0 saturated carbocycles. The lowest BCUT2D eigenvalue weighted by Crippen LogP contribution is -2.30. The summed E-state index contributed by atoms with van der Waals surface area (Å²) in [6.45, 7) is 3.71. The monoisotopic (exact) mass is 233 g/mol. The summed E-state index contributed by atoms with van der Waals surface area (Å²) in [7, 11) is 1.62. The predicted octanol–water partition coefficient (Wildman–Crippen LogP) is 2.89. The molecule has 0 unspecified atom stereocenters. The van der Waals surface area contributed by atoms with Crippen molar-refractivity contribution in [3.05, 3.63) is 23.8 Å². The van der Waals surface area contributed by atoms with E-state index in [2.05, 4.69) is 4.90 Å². The molecule has 0 atom stereocenters. The maximum Gasteiger partial charge on any atom is 0.162 e. The van der Waals surface area contributed by atoms with Crippen LogP contribution in [0.1, 0.15) is 36.5 Å². The number of ether oxygens (including phenoxy) is 1. The first kappa shape index (κ1) is 12.0. The van der Waals surface area contributed by atoms with E-state index in [1.54, 1.807) is 14.0 Å². The van der Waals surface area contributed by atoms with Gasteiger partial charge in [0.25, 0.3) is 0 Å². The van der Waals surface area contributed by atoms with E-state index >= 15 is 0 Å². The number of anilines is 1. The van der Waals surface area contributed by atoms with E-state index in [-0.39, 0.29) is 5.78 Å². The fraction of sp³-hybridized carbons (Fsp3) is 0.500. The van der Waals surface area contributed by atoms with Crippen LogP contribution < -0.4 is 9.64 Å². The highest BCUT2D eigenvalue weighted by molar-refractivity contribution is 6.00. The van der Waals surface area contributed by atoms with E-state index < -0.39 is 0 Å². The fourth-order valence-corrected chi connectivity index (χ4v) is 2.33. The van der Waals surface area contributed by atoms with Crippen LogP contribution in [0.25, 0.3) is 0 Å². The molecule has 1 aliphatic rings. The van der Waals surface area contributed by atoms with Gasteiger partial charge in [-0.2, -0.15) is 0 Å². The number of carbonyl (C=O) groups is 1. The zero-order valence-electron chi connectivity index (χ0n) is 10.5. The SMILES string of the molecule is COc1ccc(N2CCCCC2)c(C(C)=O)c1. The zero-order valence-corrected chi connectivity index (χ0v) is 10.5. The molecular formula is C14H19NO2. The standard InChI is InChI=1S/C14H19NO2/c1-11(16)13-10-12(17-2)6-7-14(13)15-8-4-3-5-9-15/h6-7,10H,3-5,8-9H2,1-2H3. The quantitative estimate of drug-likeness (QED) is 0.752. The first-order valence-electron chi connectivity index (χ1n) is 6.16. The van der Waals surface area contributed by atoms with Crippen molar-refractivity contribution in [1.29, 1.82) is 0 Å². The molecule has 0 aliphatic carbocycles. The Hall–Kier alpha value is -1.51. The van der Waals surface area contributed by atoms with Gasteiger partial charge in [0.05, 0.1) is 7.11 Å². The second kappa shape index (κ2) is 5.21. The Labute approximate surface area is 102 Å². The lowest BCUT2D eigenvalue weighted by atomic mass is 10.0. The number of piperidine rings is 1. The number of methoxy groups -OCH3 is 1. The minimum Gasteiger partial charge on any atom is -0.497 e. The van der Waals surface area contributed by atoms with Crippen LogP contribution >= 0.6 is 0 Å². The molecule has 3 nitrogen and oxygen atoms in total. The van der Waals surface area contributed by atoms with Crippen LogP contribution in [0.3, 0.4) is 0 Å². The average Bonchev–Trinajstić information content (AvgIpc) is 2.39. The second-order valence-electron chi connectivity index (χ2n) is 4.49. The molecule has 3 heteroatoms. The number of carbonyl (C=O) groups excluding carboxylic acids is 1. The van der Waals surface area contributed by atoms with Crippen LogP contribution in [0.4, 0.5) is 5.69 Å². The van der Waals surface area contributed by atoms with E-state index in [9.17, 15) is 4.79 Å². The van der Waals surface area contributed by atoms with Crippen molar-refractivity contribution in [2.24, 2.45) is 0 Å². The van der Waals surface area contributed by atoms with Crippen LogP contribution in [0.15, 0.2) is 18.2 Å². The van der Waals surface area contributed by atoms with Crippen molar-refractivity contribution in [1.82, 2.24) is 0 Å². The predicted molar refractivity (Wildman–Crippen MR) is 69.1 cm³/mol. The van der Waals surface area contributed by atoms with E-state index in [0.29, 0.717) is 0 Å². The van der Waals surface area contributed by atoms with Gasteiger partial charge in [0, 0.05) is 24.3 Å². The molecule has 1 aromatic rings. The van der Waals surface area contributed by atoms with E-state index in [1.165, 1.54) is 19.3 Å². The van der Waals surface area contributed by atoms with Gasteiger partial charge in [-0.1, -0.05) is 0 Å². The molecule has 0 radical (unpaired) electrons. The molecule has 0 amide bonds. The number of benzene rings is 1. The van der Waals surface area contributed by atoms with Crippen molar-refractivity contribution in [2.45, 2.75) is 26.2 Å². The van der Waals surface area contributed by atoms with Crippen LogP contribution in [-0.4, -0.2) is 26.0 Å². The van der Waals surface area contributed by atoms with Crippen LogP contribution in [0, 0.1) is 0 Å². The maximum absolute atomic E-state index is 11.7. The Bertz CT molecular complexity index is 409. The number of hydrogen-bond donors (Lipinski definition) is 0. The van der Waals surface area contributed by atoms with Gasteiger partial charge in [0.15, 0.2) is 5.78 Å². The van der Waals surface area contributed by atoms with E-state index in [4.69, 9.17) is 4.74 Å². The van der Waals surface area contributed by atoms with Gasteiger partial charge in [-0.25, -0.2) is 0 Å². The van der Waals surface area contributed by atoms with E-state index in [0.717, 1.165) is 30.1 Å². The van der Waals surface area contributed by atoms with Crippen molar-refractivity contribution in [3.63, 3.8) is 0 Å². The molecular weight excluding hydrogens is 214 g/mol. The minimum atomic E-state index is 0.101. The first-order chi connectivity index (χ1) is 8.22. The van der Waals surface area contributed by atoms with Gasteiger partial charge < -0.3 is 9.64 Å². The summed E-state index contributed by atoms with van der Waals surface area (Å²) in [5.41, 5.74) is 1.82. The number of rotatable bonds is 3. The van der Waals surface area contributed by atoms with Crippen LogP contribution in [-0.2, 0) is 0 Å². The van der Waals surface area contributed by atoms with Gasteiger partial charge in [-0.05, 0) is 44.4 Å². The normalized spacial score (nSPS) is 15.8. The molecule has 92 valence electrons. The minimum absolute atomic E-state index is 0.101. The molecule has 0 N–H and O–H groups in total. The summed E-state index contributed by atoms with van der Waals surface area (Å²) in [5, 5.41) is 0. The van der Waals surface area contributed by atoms with Gasteiger partial charge >= 0.3 is 0 Å². The molecule has 1 aromatic carbocycles. The second-order valence-corrected chi connectivity index (χ2v) is 4.49. The molecule has 1 heterocycles. The average molecular weight is 233 g/mol. The van der Waals surface area contributed by atoms with Gasteiger partial charge in [0.2, 0.25) is 0 Å². The number of nitrogens with zero attached hydrogens (tertiary/aromatic N) is 1. The lowest BCUT2D eigenvalue weighted by molar-refractivity contribution is 0.101. The Kier molecular flexibility index (Phi) is 3.67. The Morgan fingerprint density at radius 1 is 1.24 bits per heavy atom. The smallest absolute Gasteiger partial charge is 0.162 e. The third-order valence-corrected chi connectivity index (χ3v) is 3.28. The number of Topliss-reactive ketones (excluding diaryl/α,β-unsaturated/α-hetero) is 1. The summed E-state index contributed by atoms with van der Waals surface area (Å²) >= 11 is 0. The number of ketones is 1.